The highest BCUT2D eigenvalue weighted by molar-refractivity contribution is 5.99. The number of esters is 1. The van der Waals surface area contributed by atoms with E-state index in [0.29, 0.717) is 6.42 Å². The average molecular weight is 200 g/mol. The molecule has 0 spiro atoms. The molecule has 0 fully saturated rings. The minimum absolute atomic E-state index is 0.0721. The molecule has 1 unspecified atom stereocenters. The largest absolute Gasteiger partial charge is 0.465 e. The van der Waals surface area contributed by atoms with Crippen LogP contribution in [0, 0.1) is 5.92 Å². The Labute approximate surface area is 83.9 Å². The van der Waals surface area contributed by atoms with Crippen molar-refractivity contribution in [3.63, 3.8) is 0 Å². The second kappa shape index (κ2) is 7.26. The van der Waals surface area contributed by atoms with Crippen molar-refractivity contribution in [2.45, 2.75) is 13.3 Å². The number of carbonyl (C=O) groups excluding carboxylic acids is 2. The highest BCUT2D eigenvalue weighted by atomic mass is 16.5. The topological polar surface area (TPSA) is 52.6 Å². The maximum atomic E-state index is 11.4. The van der Waals surface area contributed by atoms with Crippen LogP contribution in [-0.4, -0.2) is 32.1 Å². The summed E-state index contributed by atoms with van der Waals surface area (Å²) in [6, 6.07) is 0. The summed E-state index contributed by atoms with van der Waals surface area (Å²) < 4.78 is 9.43. The molecular formula is C10H16O4. The molecule has 0 aliphatic rings. The molecule has 0 heterocycles. The molecule has 0 bridgehead atoms. The zero-order valence-corrected chi connectivity index (χ0v) is 8.62. The number of allylic oxidation sites excluding steroid dienone is 1. The van der Waals surface area contributed by atoms with Crippen LogP contribution in [0.25, 0.3) is 0 Å². The van der Waals surface area contributed by atoms with Crippen LogP contribution in [0.3, 0.4) is 0 Å². The number of hydrogen-bond acceptors (Lipinski definition) is 4. The fourth-order valence-corrected chi connectivity index (χ4v) is 1.01. The number of carbonyl (C=O) groups is 2. The van der Waals surface area contributed by atoms with Gasteiger partial charge in [0.25, 0.3) is 0 Å². The lowest BCUT2D eigenvalue weighted by Crippen LogP contribution is -2.28. The van der Waals surface area contributed by atoms with Crippen molar-refractivity contribution < 1.29 is 19.1 Å². The lowest BCUT2D eigenvalue weighted by Gasteiger charge is -2.11. The lowest BCUT2D eigenvalue weighted by molar-refractivity contribution is -0.152. The van der Waals surface area contributed by atoms with E-state index in [4.69, 9.17) is 4.74 Å². The van der Waals surface area contributed by atoms with Gasteiger partial charge in [0.05, 0.1) is 6.61 Å². The van der Waals surface area contributed by atoms with Gasteiger partial charge in [0, 0.05) is 7.11 Å². The summed E-state index contributed by atoms with van der Waals surface area (Å²) in [5, 5.41) is 0. The van der Waals surface area contributed by atoms with Gasteiger partial charge in [-0.25, -0.2) is 0 Å². The van der Waals surface area contributed by atoms with Crippen LogP contribution in [0.5, 0.6) is 0 Å². The normalized spacial score (nSPS) is 11.9. The lowest BCUT2D eigenvalue weighted by atomic mass is 10.0. The van der Waals surface area contributed by atoms with Crippen LogP contribution in [0.1, 0.15) is 13.3 Å². The molecule has 0 radical (unpaired) electrons. The number of Topliss-reactive ketones (excluding diaryl/α,β-unsaturated/α-hetero) is 1. The van der Waals surface area contributed by atoms with Crippen molar-refractivity contribution >= 4 is 11.8 Å². The maximum Gasteiger partial charge on any atom is 0.316 e. The monoisotopic (exact) mass is 200 g/mol. The first kappa shape index (κ1) is 12.8. The predicted octanol–water partition coefficient (Wildman–Crippen LogP) is 0.957. The summed E-state index contributed by atoms with van der Waals surface area (Å²) in [7, 11) is 1.41. The minimum atomic E-state index is -0.771. The van der Waals surface area contributed by atoms with Gasteiger partial charge in [0.1, 0.15) is 12.5 Å². The van der Waals surface area contributed by atoms with Gasteiger partial charge < -0.3 is 9.47 Å². The van der Waals surface area contributed by atoms with E-state index in [-0.39, 0.29) is 19.0 Å². The zero-order chi connectivity index (χ0) is 11.0. The van der Waals surface area contributed by atoms with Gasteiger partial charge in [-0.05, 0) is 13.3 Å². The Morgan fingerprint density at radius 3 is 2.57 bits per heavy atom. The van der Waals surface area contributed by atoms with Crippen molar-refractivity contribution in [1.29, 1.82) is 0 Å². The smallest absolute Gasteiger partial charge is 0.316 e. The number of ketones is 1. The van der Waals surface area contributed by atoms with Crippen molar-refractivity contribution in [3.05, 3.63) is 12.7 Å². The van der Waals surface area contributed by atoms with E-state index in [1.54, 1.807) is 6.92 Å². The molecule has 0 aromatic heterocycles. The van der Waals surface area contributed by atoms with Gasteiger partial charge in [-0.15, -0.1) is 6.58 Å². The molecule has 14 heavy (non-hydrogen) atoms. The Bertz CT molecular complexity index is 192. The van der Waals surface area contributed by atoms with Gasteiger partial charge in [-0.2, -0.15) is 0 Å². The zero-order valence-electron chi connectivity index (χ0n) is 8.62. The fourth-order valence-electron chi connectivity index (χ4n) is 1.01. The van der Waals surface area contributed by atoms with Crippen LogP contribution < -0.4 is 0 Å². The quantitative estimate of drug-likeness (QED) is 0.349. The summed E-state index contributed by atoms with van der Waals surface area (Å²) >= 11 is 0. The van der Waals surface area contributed by atoms with E-state index in [9.17, 15) is 9.59 Å². The molecule has 0 aliphatic heterocycles. The van der Waals surface area contributed by atoms with Crippen LogP contribution >= 0.6 is 0 Å². The van der Waals surface area contributed by atoms with E-state index in [1.807, 2.05) is 0 Å². The predicted molar refractivity (Wildman–Crippen MR) is 51.8 cm³/mol. The molecular weight excluding hydrogens is 184 g/mol. The molecule has 80 valence electrons. The molecule has 0 aromatic rings. The third-order valence-electron chi connectivity index (χ3n) is 1.65. The molecule has 1 atom stereocenters. The molecule has 4 heteroatoms. The Hall–Kier alpha value is -1.16. The van der Waals surface area contributed by atoms with E-state index < -0.39 is 11.9 Å². The first-order chi connectivity index (χ1) is 6.67. The number of methoxy groups -OCH3 is 1. The van der Waals surface area contributed by atoms with Crippen LogP contribution in [0.4, 0.5) is 0 Å². The molecule has 0 aliphatic carbocycles. The van der Waals surface area contributed by atoms with Gasteiger partial charge in [-0.1, -0.05) is 6.08 Å². The highest BCUT2D eigenvalue weighted by Crippen LogP contribution is 2.08. The van der Waals surface area contributed by atoms with E-state index >= 15 is 0 Å². The Balaban J connectivity index is 4.33. The third kappa shape index (κ3) is 4.18. The summed E-state index contributed by atoms with van der Waals surface area (Å²) in [6.45, 7) is 5.38. The third-order valence-corrected chi connectivity index (χ3v) is 1.65. The SMILES string of the molecule is C=CCC(C(=O)COC)C(=O)OCC. The summed E-state index contributed by atoms with van der Waals surface area (Å²) in [4.78, 5) is 22.7. The van der Waals surface area contributed by atoms with Crippen molar-refractivity contribution in [2.75, 3.05) is 20.3 Å². The van der Waals surface area contributed by atoms with Crippen molar-refractivity contribution in [2.24, 2.45) is 5.92 Å². The molecule has 0 amide bonds. The van der Waals surface area contributed by atoms with Crippen LogP contribution in [-0.2, 0) is 19.1 Å². The summed E-state index contributed by atoms with van der Waals surface area (Å²) in [6.07, 6.45) is 1.82. The average Bonchev–Trinajstić information content (AvgIpc) is 2.14. The number of rotatable bonds is 7. The standard InChI is InChI=1S/C10H16O4/c1-4-6-8(9(11)7-13-3)10(12)14-5-2/h4,8H,1,5-7H2,2-3H3. The Morgan fingerprint density at radius 1 is 1.50 bits per heavy atom. The molecule has 4 nitrogen and oxygen atoms in total. The van der Waals surface area contributed by atoms with E-state index in [1.165, 1.54) is 13.2 Å². The molecule has 0 saturated carbocycles. The highest BCUT2D eigenvalue weighted by Gasteiger charge is 2.25. The summed E-state index contributed by atoms with van der Waals surface area (Å²) in [5.74, 6) is -1.55. The van der Waals surface area contributed by atoms with Gasteiger partial charge in [0.15, 0.2) is 5.78 Å². The van der Waals surface area contributed by atoms with Gasteiger partial charge in [0.2, 0.25) is 0 Å². The molecule has 0 rings (SSSR count). The Morgan fingerprint density at radius 2 is 2.14 bits per heavy atom. The van der Waals surface area contributed by atoms with Crippen molar-refractivity contribution in [1.82, 2.24) is 0 Å². The van der Waals surface area contributed by atoms with Gasteiger partial charge in [-0.3, -0.25) is 9.59 Å². The van der Waals surface area contributed by atoms with Crippen molar-refractivity contribution in [3.8, 4) is 0 Å². The fraction of sp³-hybridized carbons (Fsp3) is 0.600. The van der Waals surface area contributed by atoms with Gasteiger partial charge >= 0.3 is 5.97 Å². The summed E-state index contributed by atoms with van der Waals surface area (Å²) in [5.41, 5.74) is 0. The second-order valence-electron chi connectivity index (χ2n) is 2.73. The second-order valence-corrected chi connectivity index (χ2v) is 2.73. The Kier molecular flexibility index (Phi) is 6.66. The first-order valence-corrected chi connectivity index (χ1v) is 4.46. The maximum absolute atomic E-state index is 11.4. The molecule has 0 aromatic carbocycles. The van der Waals surface area contributed by atoms with E-state index in [2.05, 4.69) is 11.3 Å². The van der Waals surface area contributed by atoms with Crippen LogP contribution in [0.15, 0.2) is 12.7 Å². The molecule has 0 N–H and O–H groups in total. The number of ether oxygens (including phenoxy) is 2. The van der Waals surface area contributed by atoms with Crippen LogP contribution in [0.2, 0.25) is 0 Å². The molecule has 0 saturated heterocycles. The van der Waals surface area contributed by atoms with E-state index in [0.717, 1.165) is 0 Å². The first-order valence-electron chi connectivity index (χ1n) is 4.46. The minimum Gasteiger partial charge on any atom is -0.465 e. The number of hydrogen-bond donors (Lipinski definition) is 0.